The minimum Gasteiger partial charge on any atom is -0.480 e. The smallest absolute Gasteiger partial charge is 0.322 e. The first-order chi connectivity index (χ1) is 11.7. The lowest BCUT2D eigenvalue weighted by molar-refractivity contribution is -0.134. The molecule has 0 aliphatic carbocycles. The van der Waals surface area contributed by atoms with Gasteiger partial charge in [0, 0.05) is 37.2 Å². The second-order valence-corrected chi connectivity index (χ2v) is 5.46. The molecule has 0 unspecified atom stereocenters. The maximum Gasteiger partial charge on any atom is 0.322 e. The molecule has 24 heavy (non-hydrogen) atoms. The average Bonchev–Trinajstić information content (AvgIpc) is 3.12. The number of carboxylic acids is 1. The van der Waals surface area contributed by atoms with E-state index in [4.69, 9.17) is 9.84 Å². The molecule has 2 aromatic heterocycles. The molecule has 1 saturated heterocycles. The predicted molar refractivity (Wildman–Crippen MR) is 88.9 cm³/mol. The molecule has 3 heterocycles. The summed E-state index contributed by atoms with van der Waals surface area (Å²) in [6, 6.07) is 5.51. The number of nitrogens with one attached hydrogen (secondary N) is 2. The van der Waals surface area contributed by atoms with E-state index in [0.717, 1.165) is 25.0 Å². The van der Waals surface area contributed by atoms with Gasteiger partial charge in [-0.1, -0.05) is 0 Å². The highest BCUT2D eigenvalue weighted by Gasteiger charge is 2.16. The molecule has 0 radical (unpaired) electrons. The summed E-state index contributed by atoms with van der Waals surface area (Å²) in [5, 5.41) is 14.8. The van der Waals surface area contributed by atoms with Crippen molar-refractivity contribution in [3.05, 3.63) is 30.6 Å². The van der Waals surface area contributed by atoms with Crippen LogP contribution in [0.1, 0.15) is 12.8 Å². The van der Waals surface area contributed by atoms with Crippen LogP contribution in [0.5, 0.6) is 0 Å². The summed E-state index contributed by atoms with van der Waals surface area (Å²) in [5.74, 6) is -0.0801. The second kappa shape index (κ2) is 7.69. The third-order valence-electron chi connectivity index (χ3n) is 3.63. The molecule has 126 valence electrons. The monoisotopic (exact) mass is 329 g/mol. The molecule has 1 atom stereocenters. The lowest BCUT2D eigenvalue weighted by Gasteiger charge is -2.13. The van der Waals surface area contributed by atoms with Crippen LogP contribution in [0, 0.1) is 0 Å². The van der Waals surface area contributed by atoms with Crippen molar-refractivity contribution in [2.24, 2.45) is 0 Å². The van der Waals surface area contributed by atoms with Crippen molar-refractivity contribution >= 4 is 17.7 Å². The first kappa shape index (κ1) is 16.1. The van der Waals surface area contributed by atoms with Crippen molar-refractivity contribution < 1.29 is 14.6 Å². The number of ether oxygens (including phenoxy) is 1. The van der Waals surface area contributed by atoms with Gasteiger partial charge in [-0.05, 0) is 25.0 Å². The van der Waals surface area contributed by atoms with Crippen LogP contribution in [0.15, 0.2) is 30.6 Å². The minimum absolute atomic E-state index is 0.180. The quantitative estimate of drug-likeness (QED) is 0.703. The molecule has 0 amide bonds. The van der Waals surface area contributed by atoms with E-state index in [0.29, 0.717) is 18.1 Å². The minimum atomic E-state index is -0.971. The van der Waals surface area contributed by atoms with E-state index in [-0.39, 0.29) is 18.6 Å². The van der Waals surface area contributed by atoms with Crippen LogP contribution in [-0.4, -0.2) is 51.8 Å². The molecule has 8 heteroatoms. The molecule has 0 saturated carbocycles. The molecule has 8 nitrogen and oxygen atoms in total. The number of anilines is 2. The van der Waals surface area contributed by atoms with Crippen molar-refractivity contribution in [3.63, 3.8) is 0 Å². The molecule has 1 fully saturated rings. The Bertz CT molecular complexity index is 689. The highest BCUT2D eigenvalue weighted by Crippen LogP contribution is 2.21. The molecule has 1 aliphatic heterocycles. The Kier molecular flexibility index (Phi) is 5.17. The molecule has 2 aromatic rings. The summed E-state index contributed by atoms with van der Waals surface area (Å²) in [6.07, 6.45) is 5.64. The third-order valence-corrected chi connectivity index (χ3v) is 3.63. The average molecular weight is 329 g/mol. The lowest BCUT2D eigenvalue weighted by atomic mass is 10.2. The Labute approximate surface area is 139 Å². The second-order valence-electron chi connectivity index (χ2n) is 5.46. The van der Waals surface area contributed by atoms with Crippen molar-refractivity contribution in [2.45, 2.75) is 18.9 Å². The van der Waals surface area contributed by atoms with Gasteiger partial charge in [0.25, 0.3) is 0 Å². The Balaban J connectivity index is 1.80. The summed E-state index contributed by atoms with van der Waals surface area (Å²) < 4.78 is 5.59. The normalized spacial score (nSPS) is 16.8. The number of rotatable bonds is 7. The van der Waals surface area contributed by atoms with Crippen LogP contribution in [0.4, 0.5) is 11.8 Å². The summed E-state index contributed by atoms with van der Waals surface area (Å²) in [6.45, 7) is 1.21. The number of aliphatic carboxylic acids is 1. The van der Waals surface area contributed by atoms with Gasteiger partial charge in [-0.25, -0.2) is 4.98 Å². The van der Waals surface area contributed by atoms with Gasteiger partial charge in [-0.2, -0.15) is 4.98 Å². The molecular weight excluding hydrogens is 310 g/mol. The zero-order valence-electron chi connectivity index (χ0n) is 13.1. The summed E-state index contributed by atoms with van der Waals surface area (Å²) in [5.41, 5.74) is 1.57. The molecule has 0 spiro atoms. The van der Waals surface area contributed by atoms with Gasteiger partial charge in [-0.3, -0.25) is 9.78 Å². The number of nitrogens with zero attached hydrogens (tertiary/aromatic N) is 3. The van der Waals surface area contributed by atoms with E-state index < -0.39 is 5.97 Å². The molecule has 3 rings (SSSR count). The van der Waals surface area contributed by atoms with Gasteiger partial charge in [0.15, 0.2) is 0 Å². The van der Waals surface area contributed by atoms with Crippen LogP contribution in [-0.2, 0) is 9.53 Å². The van der Waals surface area contributed by atoms with Gasteiger partial charge < -0.3 is 20.5 Å². The van der Waals surface area contributed by atoms with Crippen LogP contribution in [0.25, 0.3) is 11.3 Å². The van der Waals surface area contributed by atoms with Crippen molar-refractivity contribution in [3.8, 4) is 11.3 Å². The zero-order valence-corrected chi connectivity index (χ0v) is 13.1. The van der Waals surface area contributed by atoms with Crippen LogP contribution < -0.4 is 10.6 Å². The largest absolute Gasteiger partial charge is 0.480 e. The number of pyridine rings is 1. The molecule has 1 aliphatic rings. The summed E-state index contributed by atoms with van der Waals surface area (Å²) >= 11 is 0. The SMILES string of the molecule is O=C(O)CNc1nc(NC[C@@H]2CCCO2)cc(-c2ccncc2)n1. The van der Waals surface area contributed by atoms with E-state index in [1.807, 2.05) is 18.2 Å². The van der Waals surface area contributed by atoms with E-state index in [2.05, 4.69) is 25.6 Å². The van der Waals surface area contributed by atoms with Crippen molar-refractivity contribution in [1.82, 2.24) is 15.0 Å². The topological polar surface area (TPSA) is 109 Å². The first-order valence-corrected chi connectivity index (χ1v) is 7.81. The fourth-order valence-electron chi connectivity index (χ4n) is 2.47. The summed E-state index contributed by atoms with van der Waals surface area (Å²) in [7, 11) is 0. The van der Waals surface area contributed by atoms with E-state index in [9.17, 15) is 4.79 Å². The van der Waals surface area contributed by atoms with E-state index >= 15 is 0 Å². The maximum absolute atomic E-state index is 10.8. The van der Waals surface area contributed by atoms with Gasteiger partial charge in [-0.15, -0.1) is 0 Å². The zero-order chi connectivity index (χ0) is 16.8. The highest BCUT2D eigenvalue weighted by molar-refractivity contribution is 5.72. The Hall–Kier alpha value is -2.74. The van der Waals surface area contributed by atoms with E-state index in [1.54, 1.807) is 12.4 Å². The van der Waals surface area contributed by atoms with E-state index in [1.165, 1.54) is 0 Å². The number of carbonyl (C=O) groups is 1. The number of carboxylic acid groups (broad SMARTS) is 1. The maximum atomic E-state index is 10.8. The first-order valence-electron chi connectivity index (χ1n) is 7.81. The van der Waals surface area contributed by atoms with Crippen LogP contribution in [0.3, 0.4) is 0 Å². The van der Waals surface area contributed by atoms with Crippen molar-refractivity contribution in [2.75, 3.05) is 30.3 Å². The van der Waals surface area contributed by atoms with Gasteiger partial charge in [0.05, 0.1) is 11.8 Å². The number of aromatic nitrogens is 3. The van der Waals surface area contributed by atoms with Gasteiger partial charge >= 0.3 is 5.97 Å². The molecule has 3 N–H and O–H groups in total. The molecule has 0 bridgehead atoms. The Morgan fingerprint density at radius 3 is 2.83 bits per heavy atom. The number of hydrogen-bond donors (Lipinski definition) is 3. The standard InChI is InChI=1S/C16H19N5O3/c22-15(23)10-19-16-20-13(11-3-5-17-6-4-11)8-14(21-16)18-9-12-2-1-7-24-12/h3-6,8,12H,1-2,7,9-10H2,(H,22,23)(H2,18,19,20,21)/t12-/m0/s1. The van der Waals surface area contributed by atoms with Crippen LogP contribution in [0.2, 0.25) is 0 Å². The fraction of sp³-hybridized carbons (Fsp3) is 0.375. The Morgan fingerprint density at radius 1 is 1.29 bits per heavy atom. The predicted octanol–water partition coefficient (Wildman–Crippen LogP) is 1.63. The Morgan fingerprint density at radius 2 is 2.12 bits per heavy atom. The molecular formula is C16H19N5O3. The third kappa shape index (κ3) is 4.39. The van der Waals surface area contributed by atoms with Crippen molar-refractivity contribution in [1.29, 1.82) is 0 Å². The highest BCUT2D eigenvalue weighted by atomic mass is 16.5. The van der Waals surface area contributed by atoms with Crippen LogP contribution >= 0.6 is 0 Å². The summed E-state index contributed by atoms with van der Waals surface area (Å²) in [4.78, 5) is 23.4. The molecule has 0 aromatic carbocycles. The van der Waals surface area contributed by atoms with Gasteiger partial charge in [0.1, 0.15) is 12.4 Å². The lowest BCUT2D eigenvalue weighted by Crippen LogP contribution is -2.20. The van der Waals surface area contributed by atoms with Gasteiger partial charge in [0.2, 0.25) is 5.95 Å². The fourth-order valence-corrected chi connectivity index (χ4v) is 2.47. The number of hydrogen-bond acceptors (Lipinski definition) is 7.